The van der Waals surface area contributed by atoms with E-state index in [0.29, 0.717) is 32.2 Å². The van der Waals surface area contributed by atoms with Crippen LogP contribution in [0.1, 0.15) is 110 Å². The number of hydrogen-bond donors (Lipinski definition) is 11. The number of likely N-dealkylation sites (N-methyl/N-ethyl adjacent to an activating group) is 1. The van der Waals surface area contributed by atoms with E-state index >= 15 is 0 Å². The molecule has 20 heteroatoms. The number of hydrogen-bond acceptors (Lipinski definition) is 18. The number of fused-ring (bicyclic) bond motifs is 3. The van der Waals surface area contributed by atoms with Crippen molar-refractivity contribution in [3.8, 4) is 5.75 Å². The van der Waals surface area contributed by atoms with Crippen LogP contribution in [0.5, 0.6) is 5.75 Å². The van der Waals surface area contributed by atoms with E-state index in [1.807, 2.05) is 18.7 Å². The molecule has 6 aliphatic rings. The van der Waals surface area contributed by atoms with Crippen molar-refractivity contribution in [2.45, 2.75) is 171 Å². The molecule has 20 nitrogen and oxygen atoms in total. The molecule has 2 saturated heterocycles. The van der Waals surface area contributed by atoms with Crippen molar-refractivity contribution in [1.82, 2.24) is 15.5 Å². The molecule has 0 aromatic heterocycles. The number of carbonyl (C=O) groups is 4. The van der Waals surface area contributed by atoms with E-state index < -0.39 is 124 Å². The minimum absolute atomic E-state index is 0.0252. The molecule has 4 aliphatic carbocycles. The number of nitrogens with one attached hydrogen (secondary N) is 2. The zero-order valence-electron chi connectivity index (χ0n) is 41.9. The smallest absolute Gasteiger partial charge is 0.255 e. The molecule has 2 saturated carbocycles. The monoisotopic (exact) mass is 1000 g/mol. The van der Waals surface area contributed by atoms with E-state index in [9.17, 15) is 60.0 Å². The van der Waals surface area contributed by atoms with Crippen molar-refractivity contribution in [3.05, 3.63) is 46.2 Å². The van der Waals surface area contributed by atoms with Crippen molar-refractivity contribution in [1.29, 1.82) is 0 Å². The van der Waals surface area contributed by atoms with E-state index in [2.05, 4.69) is 24.5 Å². The van der Waals surface area contributed by atoms with Crippen LogP contribution in [0.4, 0.5) is 0 Å². The van der Waals surface area contributed by atoms with E-state index in [4.69, 9.17) is 24.7 Å². The highest BCUT2D eigenvalue weighted by Crippen LogP contribution is 2.57. The predicted octanol–water partition coefficient (Wildman–Crippen LogP) is 1.46. The van der Waals surface area contributed by atoms with Gasteiger partial charge in [0, 0.05) is 42.8 Å². The Bertz CT molecular complexity index is 2230. The first-order chi connectivity index (χ1) is 33.4. The highest BCUT2D eigenvalue weighted by molar-refractivity contribution is 6.24. The number of phenolic OH excluding ortho intramolecular Hbond substituents is 1. The van der Waals surface area contributed by atoms with Crippen LogP contribution in [0.2, 0.25) is 0 Å². The topological polar surface area (TPSA) is 320 Å². The molecule has 0 bridgehead atoms. The normalized spacial score (nSPS) is 39.5. The Morgan fingerprint density at radius 2 is 1.58 bits per heavy atom. The first kappa shape index (κ1) is 54.7. The summed E-state index contributed by atoms with van der Waals surface area (Å²) in [5, 5.41) is 97.4. The van der Waals surface area contributed by atoms with E-state index in [1.165, 1.54) is 25.1 Å². The molecule has 0 spiro atoms. The lowest BCUT2D eigenvalue weighted by Crippen LogP contribution is -2.67. The molecule has 4 fully saturated rings. The van der Waals surface area contributed by atoms with Crippen LogP contribution in [0, 0.1) is 29.6 Å². The highest BCUT2D eigenvalue weighted by Gasteiger charge is 2.66. The molecular formula is C51H76N4O16. The summed E-state index contributed by atoms with van der Waals surface area (Å²) in [5.41, 5.74) is -2.46. The molecule has 2 amide bonds. The van der Waals surface area contributed by atoms with Crippen LogP contribution in [0.25, 0.3) is 5.76 Å². The Hall–Kier alpha value is -4.06. The minimum Gasteiger partial charge on any atom is -0.508 e. The molecule has 5 unspecified atom stereocenters. The van der Waals surface area contributed by atoms with Crippen LogP contribution in [0.3, 0.4) is 0 Å². The number of aliphatic hydroxyl groups is 7. The third-order valence-corrected chi connectivity index (χ3v) is 16.3. The SMILES string of the molecule is CC[C@@H]1CC[C@@H](C)C(OC2[C@H](O)C(OC3OC[C@](C)(O)C(N(C)CCCCCC(=O)NCCN[C@@H]4C(=O)C(C(N)=O)=C(O)[C@@]5(O)C(=O)C6=C(O)c7c(O)cccc7[C@@](C)(O)[C@H]6C[C@@H]45)[C@H]3O)[C@H](C)C[C@@H]2C)O1. The van der Waals surface area contributed by atoms with Crippen LogP contribution in [0.15, 0.2) is 35.1 Å². The molecule has 0 radical (unpaired) electrons. The van der Waals surface area contributed by atoms with Gasteiger partial charge in [0.05, 0.1) is 48.2 Å². The van der Waals surface area contributed by atoms with E-state index in [1.54, 1.807) is 14.0 Å². The number of benzene rings is 1. The van der Waals surface area contributed by atoms with Crippen LogP contribution < -0.4 is 16.4 Å². The standard InChI is InChI=1S/C51H76N4O16/c1-8-27-17-16-24(2)47(69-27)70-41-25(3)21-26(4)42(39(41)60)71-48-40(61)43(49(5,65)23-68-48)55(7)20-11-9-10-15-32(57)53-18-19-54-36-30-22-29-34(37(58)33-28(50(29,6)66)13-12-14-31(33)56)44(62)51(30,67)45(63)35(38(36)59)46(52)64/h12-14,24-27,29-30,36,39-43,47-48,54,56,58,60-61,63,65-67H,8-11,15-23H2,1-7H3,(H2,52,64)(H,53,57)/t24-,25+,26-,27-,29+,30+,36+,39+,40-,41?,42?,43?,47?,48?,49+,50-,51+/m1/s1. The molecular weight excluding hydrogens is 925 g/mol. The average Bonchev–Trinajstić information content (AvgIpc) is 3.29. The lowest BCUT2D eigenvalue weighted by molar-refractivity contribution is -0.323. The van der Waals surface area contributed by atoms with Crippen molar-refractivity contribution in [2.75, 3.05) is 33.3 Å². The van der Waals surface area contributed by atoms with Gasteiger partial charge in [-0.05, 0) is 95.9 Å². The molecule has 1 aromatic rings. The average molecular weight is 1000 g/mol. The number of amides is 2. The zero-order chi connectivity index (χ0) is 52.1. The summed E-state index contributed by atoms with van der Waals surface area (Å²) in [6, 6.07) is 1.85. The molecule has 17 atom stereocenters. The van der Waals surface area contributed by atoms with Gasteiger partial charge in [0.15, 0.2) is 24.0 Å². The fraction of sp³-hybridized carbons (Fsp3) is 0.725. The number of Topliss-reactive ketones (excluding diaryl/α,β-unsaturated/α-hetero) is 2. The number of phenols is 1. The second kappa shape index (κ2) is 21.4. The predicted molar refractivity (Wildman–Crippen MR) is 255 cm³/mol. The summed E-state index contributed by atoms with van der Waals surface area (Å²) in [5.74, 6) is -9.04. The number of nitrogens with zero attached hydrogens (tertiary/aromatic N) is 1. The molecule has 71 heavy (non-hydrogen) atoms. The maximum absolute atomic E-state index is 14.2. The second-order valence-electron chi connectivity index (χ2n) is 21.6. The number of aliphatic hydroxyl groups excluding tert-OH is 4. The lowest BCUT2D eigenvalue weighted by atomic mass is 9.54. The first-order valence-corrected chi connectivity index (χ1v) is 25.3. The van der Waals surface area contributed by atoms with Crippen LogP contribution >= 0.6 is 0 Å². The summed E-state index contributed by atoms with van der Waals surface area (Å²) in [7, 11) is 1.79. The van der Waals surface area contributed by atoms with E-state index in [-0.39, 0.29) is 73.4 Å². The van der Waals surface area contributed by atoms with Gasteiger partial charge < -0.3 is 76.2 Å². The van der Waals surface area contributed by atoms with Gasteiger partial charge in [-0.3, -0.25) is 24.1 Å². The number of aromatic hydroxyl groups is 1. The Morgan fingerprint density at radius 3 is 2.24 bits per heavy atom. The zero-order valence-corrected chi connectivity index (χ0v) is 41.9. The van der Waals surface area contributed by atoms with Gasteiger partial charge in [-0.1, -0.05) is 46.2 Å². The number of unbranched alkanes of at least 4 members (excludes halogenated alkanes) is 2. The summed E-state index contributed by atoms with van der Waals surface area (Å²) in [4.78, 5) is 55.3. The number of nitrogens with two attached hydrogens (primary N) is 1. The van der Waals surface area contributed by atoms with Crippen molar-refractivity contribution >= 4 is 29.1 Å². The molecule has 2 heterocycles. The molecule has 1 aromatic carbocycles. The largest absolute Gasteiger partial charge is 0.508 e. The third kappa shape index (κ3) is 10.3. The molecule has 12 N–H and O–H groups in total. The third-order valence-electron chi connectivity index (χ3n) is 16.3. The van der Waals surface area contributed by atoms with Gasteiger partial charge >= 0.3 is 0 Å². The lowest BCUT2D eigenvalue weighted by Gasteiger charge is -2.52. The van der Waals surface area contributed by atoms with Gasteiger partial charge in [0.25, 0.3) is 5.91 Å². The van der Waals surface area contributed by atoms with Crippen LogP contribution in [-0.4, -0.2) is 169 Å². The number of carbonyl (C=O) groups excluding carboxylic acids is 4. The second-order valence-corrected chi connectivity index (χ2v) is 21.6. The fourth-order valence-corrected chi connectivity index (χ4v) is 12.4. The summed E-state index contributed by atoms with van der Waals surface area (Å²) < 4.78 is 25.0. The Kier molecular flexibility index (Phi) is 16.5. The van der Waals surface area contributed by atoms with Crippen molar-refractivity contribution in [2.24, 2.45) is 35.3 Å². The van der Waals surface area contributed by atoms with Gasteiger partial charge in [-0.25, -0.2) is 0 Å². The van der Waals surface area contributed by atoms with Crippen molar-refractivity contribution in [3.63, 3.8) is 0 Å². The van der Waals surface area contributed by atoms with Gasteiger partial charge in [0.2, 0.25) is 11.7 Å². The van der Waals surface area contributed by atoms with Gasteiger partial charge in [0.1, 0.15) is 40.6 Å². The molecule has 396 valence electrons. The first-order valence-electron chi connectivity index (χ1n) is 25.3. The summed E-state index contributed by atoms with van der Waals surface area (Å²) in [6.07, 6.45) is 0.0266. The maximum atomic E-state index is 14.2. The summed E-state index contributed by atoms with van der Waals surface area (Å²) >= 11 is 0. The Labute approximate surface area is 414 Å². The van der Waals surface area contributed by atoms with Crippen LogP contribution in [-0.2, 0) is 43.7 Å². The fourth-order valence-electron chi connectivity index (χ4n) is 12.4. The Morgan fingerprint density at radius 1 is 0.901 bits per heavy atom. The summed E-state index contributed by atoms with van der Waals surface area (Å²) in [6.45, 7) is 11.4. The quantitative estimate of drug-likeness (QED) is 0.0777. The Balaban J connectivity index is 0.895. The van der Waals surface area contributed by atoms with Gasteiger partial charge in [-0.15, -0.1) is 0 Å². The highest BCUT2D eigenvalue weighted by atomic mass is 16.7. The van der Waals surface area contributed by atoms with Gasteiger partial charge in [-0.2, -0.15) is 0 Å². The van der Waals surface area contributed by atoms with Crippen molar-refractivity contribution < 1.29 is 79.0 Å². The molecule has 7 rings (SSSR count). The number of ketones is 2. The number of ether oxygens (including phenoxy) is 4. The number of rotatable bonds is 17. The van der Waals surface area contributed by atoms with E-state index in [0.717, 1.165) is 19.3 Å². The minimum atomic E-state index is -2.93. The number of primary amides is 1. The maximum Gasteiger partial charge on any atom is 0.255 e. The molecule has 2 aliphatic heterocycles.